The predicted molar refractivity (Wildman–Crippen MR) is 137 cm³/mol. The maximum absolute atomic E-state index is 14.1. The van der Waals surface area contributed by atoms with Gasteiger partial charge in [-0.25, -0.2) is 13.8 Å². The lowest BCUT2D eigenvalue weighted by atomic mass is 10.2. The Balaban J connectivity index is 1.33. The molecule has 0 spiro atoms. The Kier molecular flexibility index (Phi) is 6.54. The number of alkyl halides is 2. The van der Waals surface area contributed by atoms with Gasteiger partial charge in [-0.3, -0.25) is 14.3 Å². The zero-order valence-electron chi connectivity index (χ0n) is 20.5. The molecule has 196 valence electrons. The number of hydrogen-bond acceptors (Lipinski definition) is 8. The first kappa shape index (κ1) is 24.2. The number of ether oxygens (including phenoxy) is 1. The maximum atomic E-state index is 14.1. The van der Waals surface area contributed by atoms with Crippen molar-refractivity contribution in [3.63, 3.8) is 0 Å². The van der Waals surface area contributed by atoms with Gasteiger partial charge in [0, 0.05) is 56.2 Å². The second kappa shape index (κ2) is 10.3. The van der Waals surface area contributed by atoms with Crippen LogP contribution in [0.15, 0.2) is 54.9 Å². The Morgan fingerprint density at radius 1 is 1.03 bits per heavy atom. The average Bonchev–Trinajstić information content (AvgIpc) is 3.58. The zero-order valence-corrected chi connectivity index (χ0v) is 20.5. The normalized spacial score (nSPS) is 17.9. The van der Waals surface area contributed by atoms with Crippen LogP contribution in [0.2, 0.25) is 0 Å². The van der Waals surface area contributed by atoms with E-state index in [0.717, 1.165) is 6.42 Å². The molecule has 0 aliphatic carbocycles. The van der Waals surface area contributed by atoms with Crippen LogP contribution in [0.3, 0.4) is 0 Å². The van der Waals surface area contributed by atoms with E-state index in [1.54, 1.807) is 59.8 Å². The first-order valence-corrected chi connectivity index (χ1v) is 12.5. The summed E-state index contributed by atoms with van der Waals surface area (Å²) in [6.45, 7) is 3.32. The summed E-state index contributed by atoms with van der Waals surface area (Å²) in [6.07, 6.45) is 1.13. The van der Waals surface area contributed by atoms with Crippen LogP contribution in [-0.4, -0.2) is 80.7 Å². The minimum absolute atomic E-state index is 0.0551. The Morgan fingerprint density at radius 3 is 2.61 bits per heavy atom. The molecular weight excluding hydrogens is 494 g/mol. The number of halogens is 2. The van der Waals surface area contributed by atoms with E-state index in [-0.39, 0.29) is 17.8 Å². The number of aromatic nitrogens is 5. The van der Waals surface area contributed by atoms with E-state index in [2.05, 4.69) is 20.3 Å². The summed E-state index contributed by atoms with van der Waals surface area (Å²) >= 11 is 0. The van der Waals surface area contributed by atoms with Crippen LogP contribution in [0.25, 0.3) is 16.9 Å². The Labute approximate surface area is 217 Å². The third-order valence-corrected chi connectivity index (χ3v) is 6.76. The molecule has 10 nitrogen and oxygen atoms in total. The van der Waals surface area contributed by atoms with Gasteiger partial charge in [0.25, 0.3) is 12.3 Å². The highest BCUT2D eigenvalue weighted by atomic mass is 19.3. The van der Waals surface area contributed by atoms with Gasteiger partial charge in [0.05, 0.1) is 24.2 Å². The highest BCUT2D eigenvalue weighted by molar-refractivity contribution is 5.94. The quantitative estimate of drug-likeness (QED) is 0.413. The molecule has 3 aromatic heterocycles. The van der Waals surface area contributed by atoms with Crippen LogP contribution in [0, 0.1) is 0 Å². The fourth-order valence-corrected chi connectivity index (χ4v) is 4.90. The van der Waals surface area contributed by atoms with Crippen LogP contribution in [0.5, 0.6) is 0 Å². The van der Waals surface area contributed by atoms with Crippen LogP contribution in [0.4, 0.5) is 20.5 Å². The molecule has 12 heteroatoms. The highest BCUT2D eigenvalue weighted by Gasteiger charge is 2.28. The van der Waals surface area contributed by atoms with Crippen molar-refractivity contribution in [1.82, 2.24) is 29.4 Å². The number of amides is 1. The van der Waals surface area contributed by atoms with E-state index in [1.165, 1.54) is 4.57 Å². The number of nitrogens with zero attached hydrogens (tertiary/aromatic N) is 7. The third-order valence-electron chi connectivity index (χ3n) is 6.76. The Hall–Kier alpha value is -4.19. The number of anilines is 2. The molecule has 0 saturated carbocycles. The van der Waals surface area contributed by atoms with Crippen LogP contribution >= 0.6 is 0 Å². The van der Waals surface area contributed by atoms with Crippen LogP contribution < -0.4 is 10.2 Å². The second-order valence-electron chi connectivity index (χ2n) is 9.22. The van der Waals surface area contributed by atoms with Crippen molar-refractivity contribution >= 4 is 28.7 Å². The number of para-hydroxylation sites is 2. The van der Waals surface area contributed by atoms with Crippen LogP contribution in [0.1, 0.15) is 29.0 Å². The Morgan fingerprint density at radius 2 is 1.82 bits per heavy atom. The molecule has 0 radical (unpaired) electrons. The van der Waals surface area contributed by atoms with Crippen molar-refractivity contribution in [2.24, 2.45) is 0 Å². The van der Waals surface area contributed by atoms with Gasteiger partial charge < -0.3 is 19.9 Å². The standard InChI is InChI=1S/C26H26F2N8O2/c27-23(28)24-31-19-3-1-2-4-20(19)36(24)22-15-21(32-26(33-22)34-11-13-38-14-12-34)30-18-7-10-35(16-18)25(37)17-5-8-29-9-6-17/h1-6,8-9,15,18,23H,7,10-14,16H2,(H,30,32,33)/t18-/m0/s1. The summed E-state index contributed by atoms with van der Waals surface area (Å²) in [4.78, 5) is 34.2. The topological polar surface area (TPSA) is 101 Å². The van der Waals surface area contributed by atoms with E-state index in [0.29, 0.717) is 73.6 Å². The number of imidazole rings is 1. The average molecular weight is 521 g/mol. The SMILES string of the molecule is O=C(c1ccncc1)N1CC[C@H](Nc2cc(-n3c(C(F)F)nc4ccccc43)nc(N3CCOCC3)n2)C1. The minimum Gasteiger partial charge on any atom is -0.378 e. The molecule has 1 N–H and O–H groups in total. The molecule has 5 heterocycles. The lowest BCUT2D eigenvalue weighted by molar-refractivity contribution is 0.0791. The summed E-state index contributed by atoms with van der Waals surface area (Å²) in [5, 5.41) is 3.42. The maximum Gasteiger partial charge on any atom is 0.296 e. The molecule has 1 aromatic carbocycles. The van der Waals surface area contributed by atoms with E-state index >= 15 is 0 Å². The molecule has 0 unspecified atom stereocenters. The number of hydrogen-bond donors (Lipinski definition) is 1. The molecule has 1 amide bonds. The van der Waals surface area contributed by atoms with Crippen molar-refractivity contribution in [3.8, 4) is 5.82 Å². The lowest BCUT2D eigenvalue weighted by Crippen LogP contribution is -2.37. The molecule has 38 heavy (non-hydrogen) atoms. The zero-order chi connectivity index (χ0) is 26.1. The van der Waals surface area contributed by atoms with Gasteiger partial charge in [0.15, 0.2) is 5.82 Å². The lowest BCUT2D eigenvalue weighted by Gasteiger charge is -2.28. The molecular formula is C26H26F2N8O2. The van der Waals surface area contributed by atoms with E-state index in [9.17, 15) is 13.6 Å². The summed E-state index contributed by atoms with van der Waals surface area (Å²) in [5.74, 6) is 0.793. The summed E-state index contributed by atoms with van der Waals surface area (Å²) in [7, 11) is 0. The third kappa shape index (κ3) is 4.74. The Bertz CT molecular complexity index is 1440. The van der Waals surface area contributed by atoms with Gasteiger partial charge in [-0.1, -0.05) is 12.1 Å². The fourth-order valence-electron chi connectivity index (χ4n) is 4.90. The predicted octanol–water partition coefficient (Wildman–Crippen LogP) is 3.31. The van der Waals surface area contributed by atoms with E-state index in [4.69, 9.17) is 9.72 Å². The number of pyridine rings is 1. The highest BCUT2D eigenvalue weighted by Crippen LogP contribution is 2.29. The number of benzene rings is 1. The molecule has 4 aromatic rings. The largest absolute Gasteiger partial charge is 0.378 e. The van der Waals surface area contributed by atoms with Gasteiger partial charge in [-0.2, -0.15) is 9.97 Å². The summed E-state index contributed by atoms with van der Waals surface area (Å²) in [6, 6.07) is 12.0. The van der Waals surface area contributed by atoms with Gasteiger partial charge in [0.2, 0.25) is 5.95 Å². The molecule has 0 bridgehead atoms. The second-order valence-corrected chi connectivity index (χ2v) is 9.22. The van der Waals surface area contributed by atoms with E-state index < -0.39 is 6.43 Å². The molecule has 6 rings (SSSR count). The number of nitrogens with one attached hydrogen (secondary N) is 1. The van der Waals surface area contributed by atoms with Gasteiger partial charge in [0.1, 0.15) is 11.6 Å². The van der Waals surface area contributed by atoms with Crippen LogP contribution in [-0.2, 0) is 4.74 Å². The minimum atomic E-state index is -2.79. The van der Waals surface area contributed by atoms with E-state index in [1.807, 2.05) is 4.90 Å². The molecule has 2 aliphatic heterocycles. The number of likely N-dealkylation sites (tertiary alicyclic amines) is 1. The first-order valence-electron chi connectivity index (χ1n) is 12.5. The van der Waals surface area contributed by atoms with Gasteiger partial charge >= 0.3 is 0 Å². The molecule has 1 atom stereocenters. The van der Waals surface area contributed by atoms with Crippen molar-refractivity contribution in [3.05, 3.63) is 66.2 Å². The van der Waals surface area contributed by atoms with Gasteiger partial charge in [-0.15, -0.1) is 0 Å². The van der Waals surface area contributed by atoms with Crippen molar-refractivity contribution < 1.29 is 18.3 Å². The molecule has 2 aliphatic rings. The number of morpholine rings is 1. The van der Waals surface area contributed by atoms with Gasteiger partial charge in [-0.05, 0) is 30.7 Å². The van der Waals surface area contributed by atoms with Crippen molar-refractivity contribution in [2.75, 3.05) is 49.6 Å². The monoisotopic (exact) mass is 520 g/mol. The van der Waals surface area contributed by atoms with Crippen molar-refractivity contribution in [1.29, 1.82) is 0 Å². The first-order chi connectivity index (χ1) is 18.6. The van der Waals surface area contributed by atoms with Crippen molar-refractivity contribution in [2.45, 2.75) is 18.9 Å². The number of fused-ring (bicyclic) bond motifs is 1. The smallest absolute Gasteiger partial charge is 0.296 e. The molecule has 2 saturated heterocycles. The summed E-state index contributed by atoms with van der Waals surface area (Å²) < 4.78 is 35.0. The number of carbonyl (C=O) groups is 1. The number of rotatable bonds is 6. The number of carbonyl (C=O) groups excluding carboxylic acids is 1. The summed E-state index contributed by atoms with van der Waals surface area (Å²) in [5.41, 5.74) is 1.59. The molecule has 2 fully saturated rings. The fraction of sp³-hybridized carbons (Fsp3) is 0.346.